The van der Waals surface area contributed by atoms with E-state index in [-0.39, 0.29) is 0 Å². The molecule has 0 aliphatic rings. The molecule has 2 N–H and O–H groups in total. The van der Waals surface area contributed by atoms with Gasteiger partial charge in [-0.05, 0) is 6.42 Å². The third-order valence-electron chi connectivity index (χ3n) is 2.19. The monoisotopic (exact) mass is 203 g/mol. The Kier molecular flexibility index (Phi) is 4.56. The van der Waals surface area contributed by atoms with Crippen LogP contribution in [0.3, 0.4) is 0 Å². The highest BCUT2D eigenvalue weighted by molar-refractivity contribution is 5.85. The molecule has 0 fully saturated rings. The fraction of sp³-hybridized carbons (Fsp3) is 0.778. The van der Waals surface area contributed by atoms with Crippen LogP contribution in [0, 0.1) is 5.92 Å². The predicted molar refractivity (Wildman–Crippen MR) is 50.2 cm³/mol. The van der Waals surface area contributed by atoms with Crippen LogP contribution in [0.15, 0.2) is 0 Å². The lowest BCUT2D eigenvalue weighted by atomic mass is 9.95. The normalized spacial score (nSPS) is 16.6. The van der Waals surface area contributed by atoms with Crippen molar-refractivity contribution < 1.29 is 19.4 Å². The van der Waals surface area contributed by atoms with Crippen molar-refractivity contribution in [1.82, 2.24) is 5.32 Å². The van der Waals surface area contributed by atoms with Crippen LogP contribution >= 0.6 is 0 Å². The van der Waals surface area contributed by atoms with Crippen molar-refractivity contribution in [1.29, 1.82) is 0 Å². The molecule has 2 atom stereocenters. The van der Waals surface area contributed by atoms with Gasteiger partial charge in [-0.3, -0.25) is 4.79 Å². The summed E-state index contributed by atoms with van der Waals surface area (Å²) >= 11 is 0. The van der Waals surface area contributed by atoms with Gasteiger partial charge in [-0.1, -0.05) is 13.8 Å². The minimum Gasteiger partial charge on any atom is -0.465 e. The Morgan fingerprint density at radius 1 is 1.57 bits per heavy atom. The first-order valence-corrected chi connectivity index (χ1v) is 4.48. The zero-order valence-electron chi connectivity index (χ0n) is 8.96. The molecule has 0 heterocycles. The molecule has 1 amide bonds. The second-order valence-corrected chi connectivity index (χ2v) is 3.25. The number of rotatable bonds is 4. The molecule has 0 aromatic carbocycles. The molecule has 0 radical (unpaired) electrons. The molecule has 0 spiro atoms. The summed E-state index contributed by atoms with van der Waals surface area (Å²) in [7, 11) is 1.16. The van der Waals surface area contributed by atoms with E-state index in [1.54, 1.807) is 13.8 Å². The van der Waals surface area contributed by atoms with Crippen molar-refractivity contribution >= 4 is 11.9 Å². The second kappa shape index (κ2) is 4.95. The van der Waals surface area contributed by atoms with Crippen LogP contribution in [0.1, 0.15) is 27.2 Å². The fourth-order valence-corrected chi connectivity index (χ4v) is 1.09. The Bertz CT molecular complexity index is 229. The summed E-state index contributed by atoms with van der Waals surface area (Å²) in [6.45, 7) is 4.70. The van der Waals surface area contributed by atoms with Crippen LogP contribution in [0.5, 0.6) is 0 Å². The van der Waals surface area contributed by atoms with Gasteiger partial charge >= 0.3 is 5.97 Å². The first kappa shape index (κ1) is 12.9. The van der Waals surface area contributed by atoms with Crippen LogP contribution in [0.2, 0.25) is 0 Å². The SMILES string of the molecule is CCC(C)C(O)(NC(C)=O)C(=O)OC. The third-order valence-corrected chi connectivity index (χ3v) is 2.19. The summed E-state index contributed by atoms with van der Waals surface area (Å²) in [6.07, 6.45) is 0.548. The number of nitrogens with one attached hydrogen (secondary N) is 1. The van der Waals surface area contributed by atoms with Crippen LogP contribution in [0.4, 0.5) is 0 Å². The van der Waals surface area contributed by atoms with Crippen LogP contribution < -0.4 is 5.32 Å². The van der Waals surface area contributed by atoms with Gasteiger partial charge in [0.25, 0.3) is 0 Å². The Morgan fingerprint density at radius 3 is 2.36 bits per heavy atom. The number of amides is 1. The first-order valence-electron chi connectivity index (χ1n) is 4.48. The molecule has 0 aromatic heterocycles. The lowest BCUT2D eigenvalue weighted by Gasteiger charge is -2.30. The molecular weight excluding hydrogens is 186 g/mol. The highest BCUT2D eigenvalue weighted by atomic mass is 16.5. The smallest absolute Gasteiger partial charge is 0.359 e. The van der Waals surface area contributed by atoms with E-state index in [1.165, 1.54) is 6.92 Å². The lowest BCUT2D eigenvalue weighted by Crippen LogP contribution is -2.58. The summed E-state index contributed by atoms with van der Waals surface area (Å²) < 4.78 is 4.44. The van der Waals surface area contributed by atoms with Gasteiger partial charge in [0.15, 0.2) is 0 Å². The number of ether oxygens (including phenoxy) is 1. The van der Waals surface area contributed by atoms with E-state index in [0.29, 0.717) is 6.42 Å². The van der Waals surface area contributed by atoms with Gasteiger partial charge in [0.05, 0.1) is 7.11 Å². The molecule has 0 saturated heterocycles. The maximum absolute atomic E-state index is 11.3. The zero-order valence-corrected chi connectivity index (χ0v) is 8.96. The molecule has 0 aromatic rings. The van der Waals surface area contributed by atoms with Gasteiger partial charge < -0.3 is 15.2 Å². The number of carbonyl (C=O) groups excluding carboxylic acids is 2. The molecule has 0 aliphatic heterocycles. The van der Waals surface area contributed by atoms with Gasteiger partial charge in [-0.15, -0.1) is 0 Å². The molecule has 2 unspecified atom stereocenters. The predicted octanol–water partition coefficient (Wildman–Crippen LogP) is 0.0302. The minimum absolute atomic E-state index is 0.404. The summed E-state index contributed by atoms with van der Waals surface area (Å²) in [5, 5.41) is 12.1. The van der Waals surface area contributed by atoms with E-state index in [9.17, 15) is 14.7 Å². The van der Waals surface area contributed by atoms with Gasteiger partial charge in [-0.2, -0.15) is 0 Å². The van der Waals surface area contributed by atoms with E-state index < -0.39 is 23.5 Å². The van der Waals surface area contributed by atoms with Crippen molar-refractivity contribution in [3.05, 3.63) is 0 Å². The average molecular weight is 203 g/mol. The number of aliphatic hydroxyl groups is 1. The minimum atomic E-state index is -1.92. The first-order chi connectivity index (χ1) is 6.38. The zero-order chi connectivity index (χ0) is 11.4. The van der Waals surface area contributed by atoms with Crippen LogP contribution in [-0.2, 0) is 14.3 Å². The maximum atomic E-state index is 11.3. The van der Waals surface area contributed by atoms with Crippen molar-refractivity contribution in [2.24, 2.45) is 5.92 Å². The molecule has 14 heavy (non-hydrogen) atoms. The molecule has 82 valence electrons. The summed E-state index contributed by atoms with van der Waals surface area (Å²) in [6, 6.07) is 0. The Labute approximate surface area is 83.4 Å². The highest BCUT2D eigenvalue weighted by Crippen LogP contribution is 2.19. The molecular formula is C9H17NO4. The Morgan fingerprint density at radius 2 is 2.07 bits per heavy atom. The number of carbonyl (C=O) groups is 2. The van der Waals surface area contributed by atoms with Crippen LogP contribution in [-0.4, -0.2) is 29.8 Å². The van der Waals surface area contributed by atoms with Gasteiger partial charge in [0.2, 0.25) is 11.6 Å². The van der Waals surface area contributed by atoms with Gasteiger partial charge in [0.1, 0.15) is 0 Å². The van der Waals surface area contributed by atoms with Crippen molar-refractivity contribution in [3.63, 3.8) is 0 Å². The largest absolute Gasteiger partial charge is 0.465 e. The standard InChI is InChI=1S/C9H17NO4/c1-5-6(2)9(13,8(12)14-4)10-7(3)11/h6,13H,5H2,1-4H3,(H,10,11). The molecule has 0 bridgehead atoms. The number of esters is 1. The number of hydrogen-bond acceptors (Lipinski definition) is 4. The molecule has 0 saturated carbocycles. The molecule has 0 aliphatic carbocycles. The third kappa shape index (κ3) is 2.70. The van der Waals surface area contributed by atoms with E-state index in [0.717, 1.165) is 7.11 Å². The summed E-state index contributed by atoms with van der Waals surface area (Å²) in [5.74, 6) is -1.72. The summed E-state index contributed by atoms with van der Waals surface area (Å²) in [5.41, 5.74) is -1.92. The van der Waals surface area contributed by atoms with Crippen molar-refractivity contribution in [3.8, 4) is 0 Å². The van der Waals surface area contributed by atoms with Crippen LogP contribution in [0.25, 0.3) is 0 Å². The summed E-state index contributed by atoms with van der Waals surface area (Å²) in [4.78, 5) is 22.1. The van der Waals surface area contributed by atoms with E-state index in [4.69, 9.17) is 0 Å². The van der Waals surface area contributed by atoms with Crippen molar-refractivity contribution in [2.45, 2.75) is 32.9 Å². The second-order valence-electron chi connectivity index (χ2n) is 3.25. The fourth-order valence-electron chi connectivity index (χ4n) is 1.09. The Hall–Kier alpha value is -1.10. The van der Waals surface area contributed by atoms with Gasteiger partial charge in [-0.25, -0.2) is 4.79 Å². The lowest BCUT2D eigenvalue weighted by molar-refractivity contribution is -0.175. The molecule has 5 heteroatoms. The van der Waals surface area contributed by atoms with Crippen molar-refractivity contribution in [2.75, 3.05) is 7.11 Å². The average Bonchev–Trinajstić information content (AvgIpc) is 2.13. The van der Waals surface area contributed by atoms with E-state index in [1.807, 2.05) is 0 Å². The number of hydrogen-bond donors (Lipinski definition) is 2. The maximum Gasteiger partial charge on any atom is 0.359 e. The van der Waals surface area contributed by atoms with E-state index >= 15 is 0 Å². The molecule has 5 nitrogen and oxygen atoms in total. The van der Waals surface area contributed by atoms with Gasteiger partial charge in [0, 0.05) is 12.8 Å². The molecule has 0 rings (SSSR count). The quantitative estimate of drug-likeness (QED) is 0.499. The Balaban J connectivity index is 4.83. The van der Waals surface area contributed by atoms with E-state index in [2.05, 4.69) is 10.1 Å². The topological polar surface area (TPSA) is 75.6 Å². The highest BCUT2D eigenvalue weighted by Gasteiger charge is 2.42. The number of methoxy groups -OCH3 is 1.